The van der Waals surface area contributed by atoms with Crippen molar-refractivity contribution < 1.29 is 10.0 Å². The summed E-state index contributed by atoms with van der Waals surface area (Å²) >= 11 is 0. The number of nitrogens with two attached hydrogens (primary N) is 1. The predicted molar refractivity (Wildman–Crippen MR) is 77.8 cm³/mol. The van der Waals surface area contributed by atoms with E-state index in [2.05, 4.69) is 20.7 Å². The predicted octanol–water partition coefficient (Wildman–Crippen LogP) is 1.09. The van der Waals surface area contributed by atoms with Crippen LogP contribution in [0.1, 0.15) is 37.8 Å². The molecule has 0 unspecified atom stereocenters. The molecule has 1 aromatic rings. The molecule has 0 spiro atoms. The number of aliphatic hydroxyl groups excluding tert-OH is 1. The third kappa shape index (κ3) is 3.19. The lowest BCUT2D eigenvalue weighted by Gasteiger charge is -2.36. The molecule has 1 aromatic heterocycles. The second-order valence-corrected chi connectivity index (χ2v) is 5.36. The van der Waals surface area contributed by atoms with Crippen LogP contribution in [0.3, 0.4) is 0 Å². The minimum atomic E-state index is -0.574. The Labute approximate surface area is 122 Å². The Morgan fingerprint density at radius 2 is 2.05 bits per heavy atom. The number of nitrogens with zero attached hydrogens (tertiary/aromatic N) is 3. The van der Waals surface area contributed by atoms with E-state index in [0.717, 1.165) is 32.1 Å². The Morgan fingerprint density at radius 1 is 1.38 bits per heavy atom. The molecule has 116 valence electrons. The summed E-state index contributed by atoms with van der Waals surface area (Å²) in [4.78, 5) is 18.7. The fourth-order valence-corrected chi connectivity index (χ4v) is 2.74. The van der Waals surface area contributed by atoms with Crippen LogP contribution in [0.4, 0.5) is 17.5 Å². The van der Waals surface area contributed by atoms with Crippen molar-refractivity contribution in [1.29, 1.82) is 0 Å². The maximum absolute atomic E-state index is 11.2. The highest BCUT2D eigenvalue weighted by Crippen LogP contribution is 2.35. The van der Waals surface area contributed by atoms with Crippen molar-refractivity contribution >= 4 is 17.5 Å². The number of nitro groups is 1. The first kappa shape index (κ1) is 15.4. The standard InChI is InChI=1S/C12H20N6O3/c1-8-9(18(20)21)10(15-11(14-8)17-13)16-12(7-19)5-3-2-4-6-12/h19H,2-7,13H2,1H3,(H2,14,15,16,17). The fraction of sp³-hybridized carbons (Fsp3) is 0.667. The number of hydrazine groups is 1. The van der Waals surface area contributed by atoms with Gasteiger partial charge in [-0.05, 0) is 19.8 Å². The van der Waals surface area contributed by atoms with E-state index in [-0.39, 0.29) is 29.8 Å². The van der Waals surface area contributed by atoms with Gasteiger partial charge in [-0.3, -0.25) is 15.5 Å². The van der Waals surface area contributed by atoms with Gasteiger partial charge in [-0.2, -0.15) is 4.98 Å². The summed E-state index contributed by atoms with van der Waals surface area (Å²) in [6.45, 7) is 1.43. The second kappa shape index (κ2) is 6.19. The highest BCUT2D eigenvalue weighted by atomic mass is 16.6. The molecule has 9 heteroatoms. The molecule has 21 heavy (non-hydrogen) atoms. The van der Waals surface area contributed by atoms with Gasteiger partial charge in [-0.15, -0.1) is 0 Å². The van der Waals surface area contributed by atoms with Crippen LogP contribution in [-0.4, -0.2) is 32.1 Å². The minimum absolute atomic E-state index is 0.0939. The maximum Gasteiger partial charge on any atom is 0.332 e. The molecule has 0 atom stereocenters. The van der Waals surface area contributed by atoms with Gasteiger partial charge >= 0.3 is 5.69 Å². The Balaban J connectivity index is 2.41. The number of hydrogen-bond donors (Lipinski definition) is 4. The maximum atomic E-state index is 11.2. The molecule has 0 aromatic carbocycles. The molecule has 1 saturated carbocycles. The van der Waals surface area contributed by atoms with E-state index < -0.39 is 10.5 Å². The first-order valence-electron chi connectivity index (χ1n) is 6.90. The lowest BCUT2D eigenvalue weighted by molar-refractivity contribution is -0.385. The van der Waals surface area contributed by atoms with Gasteiger partial charge in [-0.1, -0.05) is 19.3 Å². The van der Waals surface area contributed by atoms with E-state index in [4.69, 9.17) is 5.84 Å². The van der Waals surface area contributed by atoms with Crippen LogP contribution in [0, 0.1) is 17.0 Å². The fourth-order valence-electron chi connectivity index (χ4n) is 2.74. The molecule has 0 radical (unpaired) electrons. The van der Waals surface area contributed by atoms with Gasteiger partial charge in [0.25, 0.3) is 0 Å². The number of hydrogen-bond acceptors (Lipinski definition) is 8. The molecule has 0 aliphatic heterocycles. The van der Waals surface area contributed by atoms with Gasteiger partial charge in [0.2, 0.25) is 11.8 Å². The van der Waals surface area contributed by atoms with Crippen LogP contribution in [0.25, 0.3) is 0 Å². The third-order valence-electron chi connectivity index (χ3n) is 3.87. The van der Waals surface area contributed by atoms with Crippen LogP contribution in [-0.2, 0) is 0 Å². The molecular weight excluding hydrogens is 276 g/mol. The molecule has 1 heterocycles. The van der Waals surface area contributed by atoms with Gasteiger partial charge < -0.3 is 10.4 Å². The summed E-state index contributed by atoms with van der Waals surface area (Å²) < 4.78 is 0. The molecule has 0 saturated heterocycles. The van der Waals surface area contributed by atoms with Gasteiger partial charge in [0.1, 0.15) is 5.69 Å². The zero-order valence-electron chi connectivity index (χ0n) is 11.9. The van der Waals surface area contributed by atoms with Gasteiger partial charge in [0, 0.05) is 0 Å². The second-order valence-electron chi connectivity index (χ2n) is 5.36. The number of aliphatic hydroxyl groups is 1. The summed E-state index contributed by atoms with van der Waals surface area (Å²) in [7, 11) is 0. The smallest absolute Gasteiger partial charge is 0.332 e. The molecule has 0 bridgehead atoms. The topological polar surface area (TPSA) is 139 Å². The quantitative estimate of drug-likeness (QED) is 0.359. The van der Waals surface area contributed by atoms with Crippen molar-refractivity contribution in [2.24, 2.45) is 5.84 Å². The van der Waals surface area contributed by atoms with Crippen LogP contribution >= 0.6 is 0 Å². The summed E-state index contributed by atoms with van der Waals surface area (Å²) in [6, 6.07) is 0. The van der Waals surface area contributed by atoms with E-state index in [1.807, 2.05) is 0 Å². The SMILES string of the molecule is Cc1nc(NN)nc(NC2(CO)CCCCC2)c1[N+](=O)[O-]. The largest absolute Gasteiger partial charge is 0.394 e. The average Bonchev–Trinajstić information content (AvgIpc) is 2.47. The average molecular weight is 296 g/mol. The van der Waals surface area contributed by atoms with Crippen molar-refractivity contribution in [2.45, 2.75) is 44.6 Å². The van der Waals surface area contributed by atoms with Crippen LogP contribution < -0.4 is 16.6 Å². The Morgan fingerprint density at radius 3 is 2.57 bits per heavy atom. The monoisotopic (exact) mass is 296 g/mol. The van der Waals surface area contributed by atoms with Crippen molar-refractivity contribution in [3.8, 4) is 0 Å². The summed E-state index contributed by atoms with van der Waals surface area (Å²) in [6.07, 6.45) is 4.52. The zero-order chi connectivity index (χ0) is 15.5. The highest BCUT2D eigenvalue weighted by Gasteiger charge is 2.35. The van der Waals surface area contributed by atoms with E-state index in [1.165, 1.54) is 6.92 Å². The Kier molecular flexibility index (Phi) is 4.53. The summed E-state index contributed by atoms with van der Waals surface area (Å²) in [5, 5.41) is 24.0. The van der Waals surface area contributed by atoms with E-state index >= 15 is 0 Å². The summed E-state index contributed by atoms with van der Waals surface area (Å²) in [5.74, 6) is 5.49. The number of nitrogens with one attached hydrogen (secondary N) is 2. The molecule has 2 rings (SSSR count). The lowest BCUT2D eigenvalue weighted by atomic mass is 9.82. The number of aromatic nitrogens is 2. The molecule has 0 amide bonds. The number of aryl methyl sites for hydroxylation is 1. The molecular formula is C12H20N6O3. The van der Waals surface area contributed by atoms with Crippen molar-refractivity contribution in [3.05, 3.63) is 15.8 Å². The Hall–Kier alpha value is -2.00. The first-order valence-corrected chi connectivity index (χ1v) is 6.90. The molecule has 1 aliphatic rings. The van der Waals surface area contributed by atoms with Crippen LogP contribution in [0.5, 0.6) is 0 Å². The van der Waals surface area contributed by atoms with Crippen LogP contribution in [0.2, 0.25) is 0 Å². The third-order valence-corrected chi connectivity index (χ3v) is 3.87. The number of rotatable bonds is 5. The van der Waals surface area contributed by atoms with Crippen molar-refractivity contribution in [2.75, 3.05) is 17.3 Å². The molecule has 9 nitrogen and oxygen atoms in total. The lowest BCUT2D eigenvalue weighted by Crippen LogP contribution is -2.44. The van der Waals surface area contributed by atoms with Crippen molar-refractivity contribution in [1.82, 2.24) is 9.97 Å². The number of nitrogen functional groups attached to an aromatic ring is 1. The zero-order valence-corrected chi connectivity index (χ0v) is 11.9. The first-order chi connectivity index (χ1) is 10.0. The van der Waals surface area contributed by atoms with E-state index in [9.17, 15) is 15.2 Å². The van der Waals surface area contributed by atoms with Crippen molar-refractivity contribution in [3.63, 3.8) is 0 Å². The van der Waals surface area contributed by atoms with E-state index in [1.54, 1.807) is 0 Å². The molecule has 5 N–H and O–H groups in total. The summed E-state index contributed by atoms with van der Waals surface area (Å²) in [5.41, 5.74) is 1.75. The number of anilines is 2. The molecule has 1 fully saturated rings. The minimum Gasteiger partial charge on any atom is -0.394 e. The van der Waals surface area contributed by atoms with Gasteiger partial charge in [-0.25, -0.2) is 10.8 Å². The normalized spacial score (nSPS) is 17.3. The van der Waals surface area contributed by atoms with E-state index in [0.29, 0.717) is 0 Å². The highest BCUT2D eigenvalue weighted by molar-refractivity contribution is 5.62. The van der Waals surface area contributed by atoms with Gasteiger partial charge in [0.05, 0.1) is 17.1 Å². The Bertz CT molecular complexity index is 530. The van der Waals surface area contributed by atoms with Gasteiger partial charge in [0.15, 0.2) is 0 Å². The molecule has 1 aliphatic carbocycles. The van der Waals surface area contributed by atoms with Crippen LogP contribution in [0.15, 0.2) is 0 Å².